The van der Waals surface area contributed by atoms with Gasteiger partial charge in [-0.05, 0) is 13.3 Å². The summed E-state index contributed by atoms with van der Waals surface area (Å²) in [6, 6.07) is -0.271. The summed E-state index contributed by atoms with van der Waals surface area (Å²) in [7, 11) is 4.53. The average Bonchev–Trinajstić information content (AvgIpc) is 3.53. The van der Waals surface area contributed by atoms with E-state index in [1.54, 1.807) is 27.3 Å². The average molecular weight is 544 g/mol. The smallest absolute Gasteiger partial charge is 0.437 e. The predicted octanol–water partition coefficient (Wildman–Crippen LogP) is 3.05. The van der Waals surface area contributed by atoms with E-state index < -0.39 is 6.16 Å². The molecule has 15 heteroatoms. The maximum atomic E-state index is 12.8. The minimum Gasteiger partial charge on any atom is -0.437 e. The number of hydrogen-bond acceptors (Lipinski definition) is 10. The Balaban J connectivity index is 1.52. The summed E-state index contributed by atoms with van der Waals surface area (Å²) in [5.41, 5.74) is 1.66. The van der Waals surface area contributed by atoms with Crippen LogP contribution in [0.5, 0.6) is 5.06 Å². The van der Waals surface area contributed by atoms with Crippen molar-refractivity contribution in [2.24, 2.45) is 7.05 Å². The van der Waals surface area contributed by atoms with E-state index in [0.29, 0.717) is 46.7 Å². The number of nitrogens with zero attached hydrogens (tertiary/aromatic N) is 5. The highest BCUT2D eigenvalue weighted by molar-refractivity contribution is 7.18. The second-order valence-electron chi connectivity index (χ2n) is 7.81. The predicted molar refractivity (Wildman–Crippen MR) is 130 cm³/mol. The van der Waals surface area contributed by atoms with Crippen LogP contribution in [0.25, 0.3) is 11.4 Å². The fraction of sp³-hybridized carbons (Fsp3) is 0.450. The molecule has 0 bridgehead atoms. The van der Waals surface area contributed by atoms with Gasteiger partial charge in [0, 0.05) is 32.9 Å². The SMILES string of the molecule is COC(=O)Oc1sc(N2CC[C@@H](NC(=O)c3[nH]c(C)c(Cl)c3Cl)[C@@H](OC)C2)nc1-c1cn(C)nn1. The van der Waals surface area contributed by atoms with Crippen molar-refractivity contribution in [2.45, 2.75) is 25.5 Å². The first-order valence-electron chi connectivity index (χ1n) is 10.5. The molecule has 0 aromatic carbocycles. The molecule has 0 radical (unpaired) electrons. The van der Waals surface area contributed by atoms with Crippen LogP contribution in [0.1, 0.15) is 22.6 Å². The Morgan fingerprint density at radius 1 is 1.29 bits per heavy atom. The van der Waals surface area contributed by atoms with Crippen molar-refractivity contribution in [1.29, 1.82) is 0 Å². The van der Waals surface area contributed by atoms with Gasteiger partial charge in [0.1, 0.15) is 17.1 Å². The van der Waals surface area contributed by atoms with E-state index in [4.69, 9.17) is 32.7 Å². The van der Waals surface area contributed by atoms with Crippen LogP contribution in [-0.2, 0) is 16.5 Å². The Kier molecular flexibility index (Phi) is 7.50. The van der Waals surface area contributed by atoms with Gasteiger partial charge in [0.2, 0.25) is 5.06 Å². The third kappa shape index (κ3) is 5.22. The van der Waals surface area contributed by atoms with Gasteiger partial charge in [-0.2, -0.15) is 0 Å². The van der Waals surface area contributed by atoms with Crippen molar-refractivity contribution in [1.82, 2.24) is 30.3 Å². The van der Waals surface area contributed by atoms with E-state index in [1.165, 1.54) is 23.1 Å². The molecule has 1 aliphatic heterocycles. The molecule has 0 saturated carbocycles. The molecular weight excluding hydrogens is 521 g/mol. The number of methoxy groups -OCH3 is 2. The maximum absolute atomic E-state index is 12.8. The Morgan fingerprint density at radius 3 is 2.66 bits per heavy atom. The van der Waals surface area contributed by atoms with Crippen LogP contribution in [0, 0.1) is 6.92 Å². The van der Waals surface area contributed by atoms with Crippen LogP contribution >= 0.6 is 34.5 Å². The van der Waals surface area contributed by atoms with Gasteiger partial charge in [0.15, 0.2) is 5.13 Å². The molecule has 0 aliphatic carbocycles. The summed E-state index contributed by atoms with van der Waals surface area (Å²) in [6.45, 7) is 2.74. The number of aromatic nitrogens is 5. The van der Waals surface area contributed by atoms with Gasteiger partial charge in [-0.3, -0.25) is 9.48 Å². The zero-order valence-electron chi connectivity index (χ0n) is 19.3. The largest absolute Gasteiger partial charge is 0.514 e. The number of ether oxygens (including phenoxy) is 3. The summed E-state index contributed by atoms with van der Waals surface area (Å²) < 4.78 is 17.1. The summed E-state index contributed by atoms with van der Waals surface area (Å²) in [5, 5.41) is 12.3. The first kappa shape index (κ1) is 25.2. The number of rotatable bonds is 6. The molecule has 0 unspecified atom stereocenters. The lowest BCUT2D eigenvalue weighted by Gasteiger charge is -2.37. The molecule has 35 heavy (non-hydrogen) atoms. The molecule has 12 nitrogen and oxygen atoms in total. The summed E-state index contributed by atoms with van der Waals surface area (Å²) in [4.78, 5) is 34.1. The monoisotopic (exact) mass is 543 g/mol. The van der Waals surface area contributed by atoms with Crippen molar-refractivity contribution in [3.8, 4) is 16.5 Å². The number of thiazole rings is 1. The number of anilines is 1. The first-order chi connectivity index (χ1) is 16.7. The number of amides is 1. The number of aromatic amines is 1. The van der Waals surface area contributed by atoms with E-state index in [1.807, 2.05) is 4.90 Å². The van der Waals surface area contributed by atoms with Gasteiger partial charge < -0.3 is 29.4 Å². The van der Waals surface area contributed by atoms with E-state index in [2.05, 4.69) is 30.3 Å². The highest BCUT2D eigenvalue weighted by Crippen LogP contribution is 2.40. The fourth-order valence-corrected chi connectivity index (χ4v) is 5.07. The van der Waals surface area contributed by atoms with Crippen LogP contribution < -0.4 is 15.0 Å². The van der Waals surface area contributed by atoms with Gasteiger partial charge in [0.25, 0.3) is 5.91 Å². The lowest BCUT2D eigenvalue weighted by molar-refractivity contribution is 0.0540. The van der Waals surface area contributed by atoms with E-state index >= 15 is 0 Å². The molecule has 188 valence electrons. The lowest BCUT2D eigenvalue weighted by atomic mass is 10.0. The Hall–Kier alpha value is -2.87. The van der Waals surface area contributed by atoms with Crippen molar-refractivity contribution in [2.75, 3.05) is 32.2 Å². The Bertz CT molecular complexity index is 1240. The topological polar surface area (TPSA) is 136 Å². The van der Waals surface area contributed by atoms with Gasteiger partial charge in [-0.15, -0.1) is 5.10 Å². The molecule has 4 heterocycles. The standard InChI is InChI=1S/C20H23Cl2N7O5S/c1-9-13(21)14(22)16(23-9)17(30)24-10-5-6-29(8-12(10)32-3)19-25-15(11-7-28(2)27-26-11)18(35-19)34-20(31)33-4/h7,10,12,23H,5-6,8H2,1-4H3,(H,24,30)/t10-,12+/m1/s1. The molecule has 1 amide bonds. The van der Waals surface area contributed by atoms with Crippen molar-refractivity contribution in [3.63, 3.8) is 0 Å². The van der Waals surface area contributed by atoms with Crippen LogP contribution in [0.3, 0.4) is 0 Å². The number of hydrogen-bond donors (Lipinski definition) is 2. The summed E-state index contributed by atoms with van der Waals surface area (Å²) in [5.74, 6) is -0.363. The van der Waals surface area contributed by atoms with Gasteiger partial charge >= 0.3 is 6.16 Å². The van der Waals surface area contributed by atoms with Gasteiger partial charge in [-0.1, -0.05) is 39.8 Å². The number of piperidine rings is 1. The number of H-pyrrole nitrogens is 1. The van der Waals surface area contributed by atoms with Crippen LogP contribution in [0.15, 0.2) is 6.20 Å². The number of carbonyl (C=O) groups is 2. The second-order valence-corrected chi connectivity index (χ2v) is 9.50. The molecule has 0 spiro atoms. The normalized spacial score (nSPS) is 17.9. The number of nitrogens with one attached hydrogen (secondary N) is 2. The van der Waals surface area contributed by atoms with Crippen LogP contribution in [-0.4, -0.2) is 76.5 Å². The Labute approximate surface area is 214 Å². The van der Waals surface area contributed by atoms with Crippen molar-refractivity contribution >= 4 is 51.7 Å². The highest BCUT2D eigenvalue weighted by atomic mass is 35.5. The van der Waals surface area contributed by atoms with Crippen molar-refractivity contribution < 1.29 is 23.8 Å². The first-order valence-corrected chi connectivity index (χ1v) is 12.0. The quantitative estimate of drug-likeness (QED) is 0.449. The summed E-state index contributed by atoms with van der Waals surface area (Å²) in [6.07, 6.45) is 1.04. The molecule has 4 rings (SSSR count). The molecule has 3 aromatic rings. The van der Waals surface area contributed by atoms with Gasteiger partial charge in [0.05, 0.1) is 35.5 Å². The molecule has 1 saturated heterocycles. The summed E-state index contributed by atoms with van der Waals surface area (Å²) >= 11 is 13.5. The molecule has 3 aromatic heterocycles. The fourth-order valence-electron chi connectivity index (χ4n) is 3.70. The molecule has 2 atom stereocenters. The Morgan fingerprint density at radius 2 is 2.06 bits per heavy atom. The minimum atomic E-state index is -0.861. The zero-order chi connectivity index (χ0) is 25.3. The third-order valence-corrected chi connectivity index (χ3v) is 7.44. The van der Waals surface area contributed by atoms with Gasteiger partial charge in [-0.25, -0.2) is 9.78 Å². The van der Waals surface area contributed by atoms with Crippen LogP contribution in [0.4, 0.5) is 9.93 Å². The number of carbonyl (C=O) groups excluding carboxylic acids is 2. The highest BCUT2D eigenvalue weighted by Gasteiger charge is 2.34. The van der Waals surface area contributed by atoms with E-state index in [0.717, 1.165) is 0 Å². The minimum absolute atomic E-state index is 0.186. The number of halogens is 2. The van der Waals surface area contributed by atoms with E-state index in [9.17, 15) is 9.59 Å². The molecular formula is C20H23Cl2N7O5S. The number of aryl methyl sites for hydroxylation is 2. The van der Waals surface area contributed by atoms with Crippen LogP contribution in [0.2, 0.25) is 10.0 Å². The van der Waals surface area contributed by atoms with E-state index in [-0.39, 0.29) is 33.8 Å². The zero-order valence-corrected chi connectivity index (χ0v) is 21.6. The van der Waals surface area contributed by atoms with Crippen molar-refractivity contribution in [3.05, 3.63) is 27.6 Å². The molecule has 2 N–H and O–H groups in total. The third-order valence-electron chi connectivity index (χ3n) is 5.50. The second kappa shape index (κ2) is 10.4. The molecule has 1 aliphatic rings. The maximum Gasteiger partial charge on any atom is 0.514 e. The molecule has 1 fully saturated rings. The lowest BCUT2D eigenvalue weighted by Crippen LogP contribution is -2.55.